The molecule has 0 spiro atoms. The predicted octanol–water partition coefficient (Wildman–Crippen LogP) is 3.22. The van der Waals surface area contributed by atoms with Gasteiger partial charge in [0.1, 0.15) is 0 Å². The Labute approximate surface area is 112 Å². The lowest BCUT2D eigenvalue weighted by Gasteiger charge is -2.27. The highest BCUT2D eigenvalue weighted by atomic mass is 28.3. The van der Waals surface area contributed by atoms with Crippen molar-refractivity contribution in [1.82, 2.24) is 4.90 Å². The fourth-order valence-electron chi connectivity index (χ4n) is 3.57. The molecule has 0 radical (unpaired) electrons. The molecule has 3 rings (SSSR count). The molecule has 2 fully saturated rings. The van der Waals surface area contributed by atoms with E-state index in [1.807, 2.05) is 0 Å². The molecule has 1 heterocycles. The molecule has 1 aromatic rings. The fraction of sp³-hybridized carbons (Fsp3) is 0.625. The third-order valence-corrected chi connectivity index (χ3v) is 6.79. The molecular weight excluding hydrogens is 234 g/mol. The Bertz CT molecular complexity index is 418. The summed E-state index contributed by atoms with van der Waals surface area (Å²) in [6, 6.07) is 10.4. The molecule has 1 saturated heterocycles. The fourth-order valence-corrected chi connectivity index (χ4v) is 4.73. The summed E-state index contributed by atoms with van der Waals surface area (Å²) < 4.78 is 0. The Morgan fingerprint density at radius 1 is 1.11 bits per heavy atom. The lowest BCUT2D eigenvalue weighted by molar-refractivity contribution is 0.205. The molecular formula is C16H25NSi. The predicted molar refractivity (Wildman–Crippen MR) is 81.0 cm³/mol. The molecule has 0 amide bonds. The molecule has 0 N–H and O–H groups in total. The summed E-state index contributed by atoms with van der Waals surface area (Å²) in [4.78, 5) is 2.71. The molecule has 2 bridgehead atoms. The van der Waals surface area contributed by atoms with E-state index < -0.39 is 8.07 Å². The molecule has 2 unspecified atom stereocenters. The minimum absolute atomic E-state index is 0.895. The van der Waals surface area contributed by atoms with Crippen molar-refractivity contribution in [2.24, 2.45) is 5.92 Å². The zero-order chi connectivity index (χ0) is 12.8. The Morgan fingerprint density at radius 3 is 2.33 bits per heavy atom. The summed E-state index contributed by atoms with van der Waals surface area (Å²) in [5.41, 5.74) is 1.50. The zero-order valence-electron chi connectivity index (χ0n) is 11.9. The van der Waals surface area contributed by atoms with Crippen molar-refractivity contribution >= 4 is 13.3 Å². The molecule has 1 aliphatic heterocycles. The summed E-state index contributed by atoms with van der Waals surface area (Å²) in [6.07, 6.45) is 4.39. The van der Waals surface area contributed by atoms with Gasteiger partial charge in [0, 0.05) is 19.1 Å². The Hall–Kier alpha value is -0.603. The van der Waals surface area contributed by atoms with E-state index in [1.54, 1.807) is 5.19 Å². The highest BCUT2D eigenvalue weighted by Gasteiger charge is 2.37. The molecule has 1 nitrogen and oxygen atoms in total. The van der Waals surface area contributed by atoms with Crippen molar-refractivity contribution in [3.63, 3.8) is 0 Å². The number of likely N-dealkylation sites (tertiary alicyclic amines) is 1. The van der Waals surface area contributed by atoms with Gasteiger partial charge in [-0.15, -0.1) is 0 Å². The normalized spacial score (nSPS) is 27.9. The van der Waals surface area contributed by atoms with E-state index in [-0.39, 0.29) is 0 Å². The topological polar surface area (TPSA) is 3.24 Å². The summed E-state index contributed by atoms with van der Waals surface area (Å²) in [5, 5.41) is 1.58. The summed E-state index contributed by atoms with van der Waals surface area (Å²) >= 11 is 0. The van der Waals surface area contributed by atoms with Gasteiger partial charge in [-0.25, -0.2) is 0 Å². The number of nitrogens with zero attached hydrogens (tertiary/aromatic N) is 1. The van der Waals surface area contributed by atoms with Crippen LogP contribution in [0.2, 0.25) is 19.6 Å². The monoisotopic (exact) mass is 259 g/mol. The Morgan fingerprint density at radius 2 is 1.83 bits per heavy atom. The number of piperidine rings is 1. The second-order valence-electron chi connectivity index (χ2n) is 7.21. The van der Waals surface area contributed by atoms with Gasteiger partial charge in [-0.2, -0.15) is 0 Å². The maximum atomic E-state index is 2.71. The standard InChI is InChI=1S/C16H25NSi/c1-18(2,3)16-8-5-13(6-9-16)11-17-12-14-4-7-15(17)10-14/h5-6,8-9,14-15H,4,7,10-12H2,1-3H3. The number of hydrogen-bond donors (Lipinski definition) is 0. The molecule has 0 aromatic heterocycles. The minimum Gasteiger partial charge on any atom is -0.296 e. The first-order valence-corrected chi connectivity index (χ1v) is 10.9. The number of fused-ring (bicyclic) bond motifs is 2. The van der Waals surface area contributed by atoms with Gasteiger partial charge in [0.15, 0.2) is 0 Å². The van der Waals surface area contributed by atoms with Gasteiger partial charge in [-0.05, 0) is 30.7 Å². The highest BCUT2D eigenvalue weighted by molar-refractivity contribution is 6.88. The lowest BCUT2D eigenvalue weighted by Crippen LogP contribution is -2.37. The Kier molecular flexibility index (Phi) is 3.11. The van der Waals surface area contributed by atoms with Crippen molar-refractivity contribution in [1.29, 1.82) is 0 Å². The van der Waals surface area contributed by atoms with Gasteiger partial charge in [0.05, 0.1) is 8.07 Å². The van der Waals surface area contributed by atoms with Crippen LogP contribution in [0.3, 0.4) is 0 Å². The zero-order valence-corrected chi connectivity index (χ0v) is 12.9. The van der Waals surface area contributed by atoms with Crippen LogP contribution in [0, 0.1) is 5.92 Å². The van der Waals surface area contributed by atoms with Crippen molar-refractivity contribution in [2.45, 2.75) is 51.5 Å². The largest absolute Gasteiger partial charge is 0.296 e. The van der Waals surface area contributed by atoms with Gasteiger partial charge in [-0.1, -0.05) is 49.1 Å². The van der Waals surface area contributed by atoms with Crippen LogP contribution in [0.1, 0.15) is 24.8 Å². The first-order chi connectivity index (χ1) is 8.52. The van der Waals surface area contributed by atoms with Crippen molar-refractivity contribution < 1.29 is 0 Å². The SMILES string of the molecule is C[Si](C)(C)c1ccc(CN2CC3CCC2C3)cc1. The van der Waals surface area contributed by atoms with Crippen LogP contribution in [0.25, 0.3) is 0 Å². The lowest BCUT2D eigenvalue weighted by atomic mass is 10.1. The van der Waals surface area contributed by atoms with Gasteiger partial charge >= 0.3 is 0 Å². The van der Waals surface area contributed by atoms with E-state index in [9.17, 15) is 0 Å². The van der Waals surface area contributed by atoms with Crippen LogP contribution >= 0.6 is 0 Å². The molecule has 1 saturated carbocycles. The van der Waals surface area contributed by atoms with E-state index in [0.29, 0.717) is 0 Å². The second kappa shape index (κ2) is 4.50. The highest BCUT2D eigenvalue weighted by Crippen LogP contribution is 2.37. The van der Waals surface area contributed by atoms with Gasteiger partial charge < -0.3 is 0 Å². The van der Waals surface area contributed by atoms with Gasteiger partial charge in [0.2, 0.25) is 0 Å². The maximum Gasteiger partial charge on any atom is 0.0775 e. The summed E-state index contributed by atoms with van der Waals surface area (Å²) in [5.74, 6) is 1.01. The molecule has 1 aromatic carbocycles. The van der Waals surface area contributed by atoms with Crippen molar-refractivity contribution in [3.8, 4) is 0 Å². The first-order valence-electron chi connectivity index (χ1n) is 7.36. The smallest absolute Gasteiger partial charge is 0.0775 e. The van der Waals surface area contributed by atoms with E-state index in [4.69, 9.17) is 0 Å². The third-order valence-electron chi connectivity index (χ3n) is 4.73. The molecule has 18 heavy (non-hydrogen) atoms. The number of benzene rings is 1. The number of rotatable bonds is 3. The quantitative estimate of drug-likeness (QED) is 0.753. The van der Waals surface area contributed by atoms with Gasteiger partial charge in [0.25, 0.3) is 0 Å². The van der Waals surface area contributed by atoms with Gasteiger partial charge in [-0.3, -0.25) is 4.90 Å². The molecule has 1 aliphatic carbocycles. The first kappa shape index (κ1) is 12.4. The van der Waals surface area contributed by atoms with Crippen molar-refractivity contribution in [2.75, 3.05) is 6.54 Å². The van der Waals surface area contributed by atoms with Crippen LogP contribution in [0.4, 0.5) is 0 Å². The van der Waals surface area contributed by atoms with E-state index in [2.05, 4.69) is 48.8 Å². The average molecular weight is 259 g/mol. The number of hydrogen-bond acceptors (Lipinski definition) is 1. The maximum absolute atomic E-state index is 2.71. The van der Waals surface area contributed by atoms with Crippen LogP contribution < -0.4 is 5.19 Å². The second-order valence-corrected chi connectivity index (χ2v) is 12.3. The molecule has 2 atom stereocenters. The average Bonchev–Trinajstić information content (AvgIpc) is 2.90. The molecule has 2 heteroatoms. The van der Waals surface area contributed by atoms with Crippen LogP contribution in [0.15, 0.2) is 24.3 Å². The minimum atomic E-state index is -1.13. The molecule has 98 valence electrons. The van der Waals surface area contributed by atoms with E-state index in [1.165, 1.54) is 37.9 Å². The Balaban J connectivity index is 1.67. The van der Waals surface area contributed by atoms with Crippen molar-refractivity contribution in [3.05, 3.63) is 29.8 Å². The van der Waals surface area contributed by atoms with Crippen LogP contribution in [-0.4, -0.2) is 25.6 Å². The van der Waals surface area contributed by atoms with Crippen LogP contribution in [0.5, 0.6) is 0 Å². The molecule has 2 aliphatic rings. The summed E-state index contributed by atoms with van der Waals surface area (Å²) in [7, 11) is -1.13. The van der Waals surface area contributed by atoms with Crippen LogP contribution in [-0.2, 0) is 6.54 Å². The summed E-state index contributed by atoms with van der Waals surface area (Å²) in [6.45, 7) is 9.78. The van der Waals surface area contributed by atoms with E-state index >= 15 is 0 Å². The third kappa shape index (κ3) is 2.41. The van der Waals surface area contributed by atoms with E-state index in [0.717, 1.165) is 12.0 Å².